The fourth-order valence-electron chi connectivity index (χ4n) is 2.84. The second-order valence-corrected chi connectivity index (χ2v) is 8.25. The van der Waals surface area contributed by atoms with E-state index in [9.17, 15) is 4.79 Å². The van der Waals surface area contributed by atoms with Crippen LogP contribution in [0.15, 0.2) is 5.10 Å². The number of halogens is 3. The zero-order valence-electron chi connectivity index (χ0n) is 14.0. The quantitative estimate of drug-likeness (QED) is 0.579. The van der Waals surface area contributed by atoms with Gasteiger partial charge < -0.3 is 5.73 Å². The van der Waals surface area contributed by atoms with Gasteiger partial charge in [-0.05, 0) is 48.6 Å². The summed E-state index contributed by atoms with van der Waals surface area (Å²) in [6.07, 6.45) is 3.90. The van der Waals surface area contributed by atoms with Gasteiger partial charge in [-0.2, -0.15) is 10.1 Å². The van der Waals surface area contributed by atoms with Gasteiger partial charge in [-0.3, -0.25) is 4.79 Å². The molecule has 1 aromatic rings. The Morgan fingerprint density at radius 2 is 1.79 bits per heavy atom. The molecule has 1 amide bonds. The Balaban J connectivity index is 2.05. The maximum absolute atomic E-state index is 12.3. The predicted molar refractivity (Wildman–Crippen MR) is 98.8 cm³/mol. The van der Waals surface area contributed by atoms with Crippen LogP contribution in [0.5, 0.6) is 0 Å². The highest BCUT2D eigenvalue weighted by atomic mass is 35.5. The summed E-state index contributed by atoms with van der Waals surface area (Å²) in [4.78, 5) is 14.9. The molecule has 1 aliphatic rings. The Kier molecular flexibility index (Phi) is 6.00. The molecule has 1 heterocycles. The molecule has 0 saturated heterocycles. The summed E-state index contributed by atoms with van der Waals surface area (Å²) >= 11 is 17.8. The number of amides is 1. The van der Waals surface area contributed by atoms with Gasteiger partial charge >= 0.3 is 5.91 Å². The van der Waals surface area contributed by atoms with Crippen LogP contribution in [0.3, 0.4) is 0 Å². The first kappa shape index (κ1) is 19.3. The summed E-state index contributed by atoms with van der Waals surface area (Å²) in [5.41, 5.74) is 9.62. The molecule has 0 unspecified atom stereocenters. The molecule has 0 aromatic carbocycles. The number of hydrogen-bond acceptors (Lipinski definition) is 3. The molecular weight excluding hydrogens is 371 g/mol. The monoisotopic (exact) mass is 391 g/mol. The van der Waals surface area contributed by atoms with Crippen molar-refractivity contribution < 1.29 is 9.78 Å². The third kappa shape index (κ3) is 4.32. The minimum atomic E-state index is -0.504. The SMILES string of the molecule is CC(C)(C)C1CCC(=NNC(=O)c2[nH+]c(Cl)c(Cl)c(N)c2Cl)CC1. The van der Waals surface area contributed by atoms with Crippen LogP contribution in [0.2, 0.25) is 15.2 Å². The van der Waals surface area contributed by atoms with Gasteiger partial charge in [0.25, 0.3) is 10.8 Å². The van der Waals surface area contributed by atoms with E-state index < -0.39 is 5.91 Å². The van der Waals surface area contributed by atoms with E-state index >= 15 is 0 Å². The molecule has 0 atom stereocenters. The standard InChI is InChI=1S/C16H21Cl3N4O/c1-16(2,3)8-4-6-9(7-5-8)22-23-15(24)13-10(17)12(20)11(18)14(19)21-13/h8H,4-7H2,1-3H3,(H2,20,21)(H,23,24)/p+1. The number of aromatic amines is 1. The van der Waals surface area contributed by atoms with Gasteiger partial charge in [0.2, 0.25) is 0 Å². The molecule has 1 aromatic heterocycles. The van der Waals surface area contributed by atoms with Crippen LogP contribution in [0.1, 0.15) is 56.9 Å². The number of carbonyl (C=O) groups is 1. The van der Waals surface area contributed by atoms with Crippen molar-refractivity contribution in [3.05, 3.63) is 20.9 Å². The van der Waals surface area contributed by atoms with Crippen LogP contribution < -0.4 is 16.1 Å². The van der Waals surface area contributed by atoms with E-state index in [1.807, 2.05) is 0 Å². The van der Waals surface area contributed by atoms with Gasteiger partial charge in [-0.15, -0.1) is 0 Å². The lowest BCUT2D eigenvalue weighted by Crippen LogP contribution is -2.30. The van der Waals surface area contributed by atoms with Gasteiger partial charge in [-0.25, -0.2) is 5.43 Å². The summed E-state index contributed by atoms with van der Waals surface area (Å²) < 4.78 is 0. The molecule has 2 rings (SSSR count). The number of nitrogens with zero attached hydrogens (tertiary/aromatic N) is 1. The first-order chi connectivity index (χ1) is 11.1. The maximum atomic E-state index is 12.3. The number of anilines is 1. The number of nitrogen functional groups attached to an aromatic ring is 1. The van der Waals surface area contributed by atoms with Crippen LogP contribution in [-0.2, 0) is 0 Å². The Bertz CT molecular complexity index is 673. The Morgan fingerprint density at radius 3 is 2.33 bits per heavy atom. The van der Waals surface area contributed by atoms with E-state index in [1.165, 1.54) is 0 Å². The number of aromatic nitrogens is 1. The second-order valence-electron chi connectivity index (χ2n) is 7.11. The van der Waals surface area contributed by atoms with E-state index in [1.54, 1.807) is 0 Å². The summed E-state index contributed by atoms with van der Waals surface area (Å²) in [5, 5.41) is 4.39. The third-order valence-corrected chi connectivity index (χ3v) is 5.62. The third-order valence-electron chi connectivity index (χ3n) is 4.45. The normalized spacial score (nSPS) is 18.4. The van der Waals surface area contributed by atoms with Crippen molar-refractivity contribution >= 4 is 52.1 Å². The highest BCUT2D eigenvalue weighted by molar-refractivity contribution is 6.45. The minimum absolute atomic E-state index is 0.0264. The number of hydrazone groups is 1. The van der Waals surface area contributed by atoms with E-state index in [4.69, 9.17) is 40.5 Å². The lowest BCUT2D eigenvalue weighted by Gasteiger charge is -2.34. The summed E-state index contributed by atoms with van der Waals surface area (Å²) in [6, 6.07) is 0. The van der Waals surface area contributed by atoms with E-state index in [0.29, 0.717) is 11.3 Å². The van der Waals surface area contributed by atoms with Crippen molar-refractivity contribution in [1.82, 2.24) is 5.43 Å². The van der Waals surface area contributed by atoms with Gasteiger partial charge in [0.1, 0.15) is 10.0 Å². The molecule has 132 valence electrons. The van der Waals surface area contributed by atoms with Gasteiger partial charge in [0.05, 0.1) is 5.69 Å². The van der Waals surface area contributed by atoms with Crippen LogP contribution in [0, 0.1) is 11.3 Å². The number of pyridine rings is 1. The molecule has 1 saturated carbocycles. The van der Waals surface area contributed by atoms with Crippen molar-refractivity contribution in [3.63, 3.8) is 0 Å². The van der Waals surface area contributed by atoms with Crippen LogP contribution in [-0.4, -0.2) is 11.6 Å². The summed E-state index contributed by atoms with van der Waals surface area (Å²) in [7, 11) is 0. The molecule has 8 heteroatoms. The van der Waals surface area contributed by atoms with Gasteiger partial charge in [-0.1, -0.05) is 44.0 Å². The van der Waals surface area contributed by atoms with Crippen LogP contribution >= 0.6 is 34.8 Å². The fraction of sp³-hybridized carbons (Fsp3) is 0.562. The smallest absolute Gasteiger partial charge is 0.337 e. The van der Waals surface area contributed by atoms with E-state index in [0.717, 1.165) is 31.4 Å². The van der Waals surface area contributed by atoms with Crippen molar-refractivity contribution in [2.75, 3.05) is 5.73 Å². The molecule has 0 bridgehead atoms. The van der Waals surface area contributed by atoms with Crippen molar-refractivity contribution in [2.45, 2.75) is 46.5 Å². The molecule has 5 nitrogen and oxygen atoms in total. The van der Waals surface area contributed by atoms with E-state index in [-0.39, 0.29) is 26.6 Å². The first-order valence-electron chi connectivity index (χ1n) is 7.82. The minimum Gasteiger partial charge on any atom is -0.396 e. The van der Waals surface area contributed by atoms with Crippen LogP contribution in [0.4, 0.5) is 5.69 Å². The molecule has 1 fully saturated rings. The lowest BCUT2D eigenvalue weighted by molar-refractivity contribution is -0.379. The highest BCUT2D eigenvalue weighted by Crippen LogP contribution is 2.37. The molecule has 0 spiro atoms. The number of rotatable bonds is 2. The molecule has 0 radical (unpaired) electrons. The first-order valence-corrected chi connectivity index (χ1v) is 8.95. The number of H-pyrrole nitrogens is 1. The summed E-state index contributed by atoms with van der Waals surface area (Å²) in [5.74, 6) is 0.167. The highest BCUT2D eigenvalue weighted by Gasteiger charge is 2.29. The maximum Gasteiger partial charge on any atom is 0.337 e. The second kappa shape index (κ2) is 7.46. The average Bonchev–Trinajstić information content (AvgIpc) is 2.53. The number of hydrogen-bond donors (Lipinski definition) is 2. The number of nitrogens with two attached hydrogens (primary N) is 1. The summed E-state index contributed by atoms with van der Waals surface area (Å²) in [6.45, 7) is 6.77. The zero-order valence-corrected chi connectivity index (χ0v) is 16.2. The average molecular weight is 393 g/mol. The number of carbonyl (C=O) groups excluding carboxylic acids is 1. The Hall–Kier alpha value is -1.04. The van der Waals surface area contributed by atoms with Gasteiger partial charge in [0, 0.05) is 5.71 Å². The Morgan fingerprint density at radius 1 is 1.21 bits per heavy atom. The molecule has 4 N–H and O–H groups in total. The Labute approximate surface area is 156 Å². The van der Waals surface area contributed by atoms with Crippen molar-refractivity contribution in [3.8, 4) is 0 Å². The van der Waals surface area contributed by atoms with Crippen molar-refractivity contribution in [1.29, 1.82) is 0 Å². The molecule has 0 aliphatic heterocycles. The lowest BCUT2D eigenvalue weighted by atomic mass is 9.72. The molecular formula is C16H22Cl3N4O+. The zero-order chi connectivity index (χ0) is 18.1. The number of nitrogens with one attached hydrogen (secondary N) is 2. The topological polar surface area (TPSA) is 81.6 Å². The fourth-order valence-corrected chi connectivity index (χ4v) is 3.45. The molecule has 1 aliphatic carbocycles. The van der Waals surface area contributed by atoms with Crippen LogP contribution in [0.25, 0.3) is 0 Å². The largest absolute Gasteiger partial charge is 0.396 e. The van der Waals surface area contributed by atoms with Crippen molar-refractivity contribution in [2.24, 2.45) is 16.4 Å². The van der Waals surface area contributed by atoms with E-state index in [2.05, 4.69) is 36.3 Å². The molecule has 24 heavy (non-hydrogen) atoms. The predicted octanol–water partition coefficient (Wildman–Crippen LogP) is 4.37. The van der Waals surface area contributed by atoms with Gasteiger partial charge in [0.15, 0.2) is 0 Å².